The summed E-state index contributed by atoms with van der Waals surface area (Å²) < 4.78 is 0. The molecule has 0 N–H and O–H groups in total. The Bertz CT molecular complexity index is 991. The number of allylic oxidation sites excluding steroid dienone is 3. The van der Waals surface area contributed by atoms with Crippen molar-refractivity contribution in [3.63, 3.8) is 0 Å². The second-order valence-electron chi connectivity index (χ2n) is 4.78. The number of aromatic nitrogens is 2. The van der Waals surface area contributed by atoms with Gasteiger partial charge in [0.2, 0.25) is 0 Å². The average molecular weight is 353 g/mol. The van der Waals surface area contributed by atoms with E-state index < -0.39 is 20.7 Å². The van der Waals surface area contributed by atoms with Gasteiger partial charge in [-0.3, -0.25) is 30.2 Å². The van der Waals surface area contributed by atoms with Crippen LogP contribution in [0.15, 0.2) is 58.9 Å². The van der Waals surface area contributed by atoms with Crippen LogP contribution in [0.1, 0.15) is 5.56 Å². The van der Waals surface area contributed by atoms with E-state index in [2.05, 4.69) is 27.2 Å². The maximum atomic E-state index is 10.9. The van der Waals surface area contributed by atoms with Crippen LogP contribution in [-0.2, 0) is 0 Å². The number of nitro groups is 2. The highest BCUT2D eigenvalue weighted by Gasteiger charge is 2.16. The lowest BCUT2D eigenvalue weighted by molar-refractivity contribution is -0.385. The molecule has 0 saturated carbocycles. The molecule has 1 radical (unpaired) electrons. The molecule has 123 valence electrons. The zero-order valence-corrected chi connectivity index (χ0v) is 13.4. The van der Waals surface area contributed by atoms with Gasteiger partial charge in [-0.1, -0.05) is 11.8 Å². The first-order valence-corrected chi connectivity index (χ1v) is 8.19. The normalized spacial score (nSPS) is 16.6. The summed E-state index contributed by atoms with van der Waals surface area (Å²) in [6.07, 6.45) is 8.79. The van der Waals surface area contributed by atoms with Gasteiger partial charge in [0.15, 0.2) is 0 Å². The smallest absolute Gasteiger partial charge is 0.258 e. The van der Waals surface area contributed by atoms with Crippen LogP contribution in [0.5, 0.6) is 0 Å². The van der Waals surface area contributed by atoms with Crippen molar-refractivity contribution in [3.8, 4) is 11.8 Å². The number of hydrogen-bond acceptors (Lipinski definition) is 6. The minimum absolute atomic E-state index is 0.0936. The Morgan fingerprint density at radius 3 is 2.36 bits per heavy atom. The topological polar surface area (TPSA) is 112 Å². The number of pyridine rings is 2. The Hall–Kier alpha value is -3.51. The zero-order valence-electron chi connectivity index (χ0n) is 12.5. The SMILES string of the molecule is O=[N+]([O-])c1cncc(C#CC2=CC=[C][SH]2c2cncc([N+](=O)[O-])c2)c1. The fraction of sp³-hybridized carbons (Fsp3) is 0. The Morgan fingerprint density at radius 1 is 0.960 bits per heavy atom. The van der Waals surface area contributed by atoms with E-state index in [4.69, 9.17) is 0 Å². The Morgan fingerprint density at radius 2 is 1.64 bits per heavy atom. The molecule has 8 nitrogen and oxygen atoms in total. The van der Waals surface area contributed by atoms with E-state index in [-0.39, 0.29) is 11.4 Å². The van der Waals surface area contributed by atoms with Gasteiger partial charge in [0.1, 0.15) is 12.4 Å². The van der Waals surface area contributed by atoms with Crippen molar-refractivity contribution in [1.29, 1.82) is 0 Å². The molecule has 0 bridgehead atoms. The molecular formula is C16H9N4O4S. The highest BCUT2D eigenvalue weighted by Crippen LogP contribution is 2.47. The molecule has 25 heavy (non-hydrogen) atoms. The highest BCUT2D eigenvalue weighted by molar-refractivity contribution is 8.22. The molecule has 1 aliphatic heterocycles. The summed E-state index contributed by atoms with van der Waals surface area (Å²) >= 11 is 0. The predicted octanol–water partition coefficient (Wildman–Crippen LogP) is 2.92. The van der Waals surface area contributed by atoms with Crippen molar-refractivity contribution < 1.29 is 9.85 Å². The van der Waals surface area contributed by atoms with Gasteiger partial charge >= 0.3 is 0 Å². The molecular weight excluding hydrogens is 344 g/mol. The molecule has 9 heteroatoms. The highest BCUT2D eigenvalue weighted by atomic mass is 32.2. The van der Waals surface area contributed by atoms with E-state index in [1.807, 2.05) is 0 Å². The average Bonchev–Trinajstić information content (AvgIpc) is 3.09. The molecule has 0 spiro atoms. The summed E-state index contributed by atoms with van der Waals surface area (Å²) in [6, 6.07) is 2.79. The zero-order chi connectivity index (χ0) is 17.8. The summed E-state index contributed by atoms with van der Waals surface area (Å²) in [5, 5.41) is 24.8. The van der Waals surface area contributed by atoms with E-state index in [9.17, 15) is 20.2 Å². The molecule has 2 aromatic heterocycles. The standard InChI is InChI=1S/C16H9N4O4S/c21-19(22)13-6-12(8-17-9-13)3-4-15-2-1-5-25(15)16-7-14(20(23)24)10-18-11-16/h1-2,6-11,25H. The van der Waals surface area contributed by atoms with Crippen molar-refractivity contribution in [3.05, 3.63) is 85.2 Å². The largest absolute Gasteiger partial charge is 0.288 e. The predicted molar refractivity (Wildman–Crippen MR) is 91.8 cm³/mol. The monoisotopic (exact) mass is 353 g/mol. The number of hydrogen-bond donors (Lipinski definition) is 1. The van der Waals surface area contributed by atoms with E-state index in [0.29, 0.717) is 10.5 Å². The molecule has 1 atom stereocenters. The molecule has 3 rings (SSSR count). The number of rotatable bonds is 3. The molecule has 0 aromatic carbocycles. The van der Waals surface area contributed by atoms with Gasteiger partial charge in [0.25, 0.3) is 11.4 Å². The first kappa shape index (κ1) is 16.4. The van der Waals surface area contributed by atoms with Crippen LogP contribution in [0.25, 0.3) is 0 Å². The molecule has 1 unspecified atom stereocenters. The summed E-state index contributed by atoms with van der Waals surface area (Å²) in [6.45, 7) is 0. The summed E-state index contributed by atoms with van der Waals surface area (Å²) in [7, 11) is -1.10. The van der Waals surface area contributed by atoms with E-state index >= 15 is 0 Å². The van der Waals surface area contributed by atoms with Crippen molar-refractivity contribution in [1.82, 2.24) is 9.97 Å². The quantitative estimate of drug-likeness (QED) is 0.393. The van der Waals surface area contributed by atoms with Crippen LogP contribution in [0.2, 0.25) is 0 Å². The van der Waals surface area contributed by atoms with E-state index in [0.717, 1.165) is 11.1 Å². The molecule has 0 amide bonds. The second-order valence-corrected chi connectivity index (χ2v) is 6.71. The van der Waals surface area contributed by atoms with Crippen molar-refractivity contribution in [2.45, 2.75) is 4.90 Å². The molecule has 2 aromatic rings. The van der Waals surface area contributed by atoms with Gasteiger partial charge in [-0.25, -0.2) is 0 Å². The van der Waals surface area contributed by atoms with Gasteiger partial charge < -0.3 is 0 Å². The molecule has 0 aliphatic carbocycles. The lowest BCUT2D eigenvalue weighted by atomic mass is 10.2. The molecule has 0 saturated heterocycles. The van der Waals surface area contributed by atoms with Crippen LogP contribution >= 0.6 is 10.9 Å². The first-order chi connectivity index (χ1) is 12.0. The van der Waals surface area contributed by atoms with E-state index in [1.165, 1.54) is 24.5 Å². The summed E-state index contributed by atoms with van der Waals surface area (Å²) in [5.74, 6) is 5.78. The van der Waals surface area contributed by atoms with Crippen molar-refractivity contribution >= 4 is 22.3 Å². The van der Waals surface area contributed by atoms with Gasteiger partial charge in [-0.05, 0) is 12.2 Å². The van der Waals surface area contributed by atoms with Gasteiger partial charge in [0, 0.05) is 39.7 Å². The fourth-order valence-corrected chi connectivity index (χ4v) is 3.64. The van der Waals surface area contributed by atoms with Crippen LogP contribution in [0.3, 0.4) is 0 Å². The van der Waals surface area contributed by atoms with Crippen LogP contribution in [0, 0.1) is 37.5 Å². The third kappa shape index (κ3) is 3.70. The Labute approximate surface area is 144 Å². The van der Waals surface area contributed by atoms with Gasteiger partial charge in [-0.15, -0.1) is 0 Å². The summed E-state index contributed by atoms with van der Waals surface area (Å²) in [4.78, 5) is 29.7. The second kappa shape index (κ2) is 6.94. The number of nitrogens with zero attached hydrogens (tertiary/aromatic N) is 4. The molecule has 3 heterocycles. The van der Waals surface area contributed by atoms with Crippen LogP contribution < -0.4 is 0 Å². The minimum atomic E-state index is -1.10. The lowest BCUT2D eigenvalue weighted by Crippen LogP contribution is -1.91. The molecule has 0 fully saturated rings. The Balaban J connectivity index is 1.87. The third-order valence-electron chi connectivity index (χ3n) is 3.13. The third-order valence-corrected chi connectivity index (χ3v) is 5.04. The van der Waals surface area contributed by atoms with Crippen molar-refractivity contribution in [2.75, 3.05) is 0 Å². The van der Waals surface area contributed by atoms with Crippen LogP contribution in [0.4, 0.5) is 11.4 Å². The lowest BCUT2D eigenvalue weighted by Gasteiger charge is -2.12. The van der Waals surface area contributed by atoms with Gasteiger partial charge in [0.05, 0.1) is 15.4 Å². The Kier molecular flexibility index (Phi) is 4.54. The maximum absolute atomic E-state index is 10.9. The number of thiol groups is 1. The minimum Gasteiger partial charge on any atom is -0.258 e. The summed E-state index contributed by atoms with van der Waals surface area (Å²) in [5.41, 5.74) is 0.181. The first-order valence-electron chi connectivity index (χ1n) is 6.85. The molecule has 1 aliphatic rings. The fourth-order valence-electron chi connectivity index (χ4n) is 2.02. The van der Waals surface area contributed by atoms with Crippen LogP contribution in [-0.4, -0.2) is 19.8 Å². The maximum Gasteiger partial charge on any atom is 0.288 e. The van der Waals surface area contributed by atoms with E-state index in [1.54, 1.807) is 18.3 Å². The van der Waals surface area contributed by atoms with Crippen molar-refractivity contribution in [2.24, 2.45) is 0 Å². The van der Waals surface area contributed by atoms with Gasteiger partial charge in [-0.2, -0.15) is 10.9 Å².